The third kappa shape index (κ3) is 9.14. The van der Waals surface area contributed by atoms with Crippen molar-refractivity contribution in [2.45, 2.75) is 145 Å². The second-order valence-electron chi connectivity index (χ2n) is 18.0. The van der Waals surface area contributed by atoms with Crippen molar-refractivity contribution >= 4 is 50.2 Å². The lowest BCUT2D eigenvalue weighted by Crippen LogP contribution is -2.60. The molecule has 6 atom stereocenters. The van der Waals surface area contributed by atoms with Gasteiger partial charge in [-0.1, -0.05) is 25.0 Å². The van der Waals surface area contributed by atoms with E-state index in [1.54, 1.807) is 27.9 Å². The molecule has 15 nitrogen and oxygen atoms in total. The fraction of sp³-hybridized carbons (Fsp3) is 0.605. The van der Waals surface area contributed by atoms with Crippen LogP contribution >= 0.6 is 11.3 Å². The van der Waals surface area contributed by atoms with Gasteiger partial charge in [-0.05, 0) is 91.2 Å². The van der Waals surface area contributed by atoms with Crippen molar-refractivity contribution in [2.24, 2.45) is 5.92 Å². The maximum atomic E-state index is 14.7. The Morgan fingerprint density at radius 2 is 1.87 bits per heavy atom. The number of carbonyl (C=O) groups is 3. The summed E-state index contributed by atoms with van der Waals surface area (Å²) >= 11 is 1.52. The molecular weight excluding hydrogens is 809 g/mol. The number of allylic oxidation sites excluding steroid dienone is 1. The van der Waals surface area contributed by atoms with Gasteiger partial charge in [0, 0.05) is 40.7 Å². The van der Waals surface area contributed by atoms with Crippen molar-refractivity contribution in [1.82, 2.24) is 30.2 Å². The van der Waals surface area contributed by atoms with Crippen LogP contribution in [0.15, 0.2) is 35.7 Å². The third-order valence-electron chi connectivity index (χ3n) is 12.1. The topological polar surface area (TPSA) is 198 Å². The molecule has 8 rings (SSSR count). The van der Waals surface area contributed by atoms with Crippen LogP contribution in [0.25, 0.3) is 21.6 Å². The van der Waals surface area contributed by atoms with Crippen LogP contribution in [-0.2, 0) is 24.3 Å². The van der Waals surface area contributed by atoms with Crippen molar-refractivity contribution in [3.8, 4) is 22.2 Å². The lowest BCUT2D eigenvalue weighted by atomic mass is 10.0. The van der Waals surface area contributed by atoms with E-state index in [1.807, 2.05) is 37.3 Å². The first-order chi connectivity index (χ1) is 28.5. The number of aromatic nitrogens is 2. The smallest absolute Gasteiger partial charge is 0.408 e. The van der Waals surface area contributed by atoms with E-state index in [-0.39, 0.29) is 18.9 Å². The highest BCUT2D eigenvalue weighted by atomic mass is 32.2. The second kappa shape index (κ2) is 16.5. The number of hydrogen-bond donors (Lipinski definition) is 4. The molecule has 6 unspecified atom stereocenters. The fourth-order valence-corrected chi connectivity index (χ4v) is 10.7. The Balaban J connectivity index is 1.13. The Labute approximate surface area is 355 Å². The highest BCUT2D eigenvalue weighted by Crippen LogP contribution is 2.48. The number of carbonyl (C=O) groups excluding carboxylic acids is 3. The summed E-state index contributed by atoms with van der Waals surface area (Å²) in [7, 11) is -2.20. The van der Waals surface area contributed by atoms with Crippen molar-refractivity contribution < 1.29 is 42.1 Å². The first-order valence-electron chi connectivity index (χ1n) is 21.1. The van der Waals surface area contributed by atoms with Crippen LogP contribution in [-0.4, -0.2) is 101 Å². The maximum absolute atomic E-state index is 14.7. The second-order valence-corrected chi connectivity index (χ2v) is 20.8. The SMILES string of the molecule is COc1ccc2c(OC3CC4C(=O)NC5(C(O)NS(=O)(=O)C6CC6)CC5C=CCCCCCC(NC(=O)OC(C)(C)C)C(=O)N4C3)cc(-c3nc(C4CC4)cs3)nc2c1C. The van der Waals surface area contributed by atoms with Crippen LogP contribution < -0.4 is 24.8 Å². The number of aliphatic hydroxyl groups is 1. The molecule has 4 N–H and O–H groups in total. The number of fused-ring (bicyclic) bond motifs is 3. The number of amides is 3. The maximum Gasteiger partial charge on any atom is 0.408 e. The number of thiazole rings is 1. The number of aliphatic hydroxyl groups excluding tert-OH is 1. The summed E-state index contributed by atoms with van der Waals surface area (Å²) in [4.78, 5) is 54.0. The first-order valence-corrected chi connectivity index (χ1v) is 23.6. The molecule has 3 amide bonds. The molecule has 1 saturated heterocycles. The van der Waals surface area contributed by atoms with E-state index in [4.69, 9.17) is 24.2 Å². The van der Waals surface area contributed by atoms with Crippen molar-refractivity contribution in [2.75, 3.05) is 13.7 Å². The molecule has 324 valence electrons. The van der Waals surface area contributed by atoms with Crippen molar-refractivity contribution in [3.05, 3.63) is 47.0 Å². The van der Waals surface area contributed by atoms with Gasteiger partial charge in [0.25, 0.3) is 0 Å². The number of aryl methyl sites for hydroxylation is 1. The molecule has 3 saturated carbocycles. The van der Waals surface area contributed by atoms with Crippen LogP contribution in [0.3, 0.4) is 0 Å². The molecule has 17 heteroatoms. The number of rotatable bonds is 10. The molecule has 5 aliphatic rings. The number of benzene rings is 1. The zero-order valence-electron chi connectivity index (χ0n) is 34.9. The molecule has 0 spiro atoms. The summed E-state index contributed by atoms with van der Waals surface area (Å²) in [5.74, 6) is 0.273. The van der Waals surface area contributed by atoms with Gasteiger partial charge in [0.2, 0.25) is 21.8 Å². The number of sulfonamides is 1. The van der Waals surface area contributed by atoms with Gasteiger partial charge in [0.15, 0.2) is 0 Å². The molecule has 60 heavy (non-hydrogen) atoms. The van der Waals surface area contributed by atoms with Gasteiger partial charge in [-0.25, -0.2) is 23.2 Å². The molecule has 0 radical (unpaired) electrons. The molecular formula is C43H56N6O9S2. The summed E-state index contributed by atoms with van der Waals surface area (Å²) in [6, 6.07) is 3.51. The van der Waals surface area contributed by atoms with E-state index in [2.05, 4.69) is 20.7 Å². The van der Waals surface area contributed by atoms with Gasteiger partial charge in [-0.15, -0.1) is 11.3 Å². The lowest BCUT2D eigenvalue weighted by molar-refractivity contribution is -0.141. The van der Waals surface area contributed by atoms with Crippen LogP contribution in [0.2, 0.25) is 0 Å². The van der Waals surface area contributed by atoms with E-state index < -0.39 is 68.7 Å². The lowest BCUT2D eigenvalue weighted by Gasteiger charge is -2.31. The summed E-state index contributed by atoms with van der Waals surface area (Å²) in [6.45, 7) is 7.17. The highest BCUT2D eigenvalue weighted by molar-refractivity contribution is 7.90. The van der Waals surface area contributed by atoms with Crippen molar-refractivity contribution in [3.63, 3.8) is 0 Å². The minimum absolute atomic E-state index is 0.00792. The van der Waals surface area contributed by atoms with Crippen LogP contribution in [0, 0.1) is 12.8 Å². The summed E-state index contributed by atoms with van der Waals surface area (Å²) in [6.07, 6.45) is 7.81. The average Bonchev–Trinajstić information content (AvgIpc) is 4.14. The molecule has 3 aromatic rings. The molecule has 1 aromatic carbocycles. The Morgan fingerprint density at radius 3 is 2.58 bits per heavy atom. The van der Waals surface area contributed by atoms with E-state index >= 15 is 0 Å². The van der Waals surface area contributed by atoms with E-state index in [0.29, 0.717) is 60.7 Å². The number of pyridine rings is 1. The van der Waals surface area contributed by atoms with Crippen LogP contribution in [0.4, 0.5) is 4.79 Å². The third-order valence-corrected chi connectivity index (χ3v) is 14.9. The molecule has 2 aromatic heterocycles. The number of ether oxygens (including phenoxy) is 3. The zero-order valence-corrected chi connectivity index (χ0v) is 36.5. The summed E-state index contributed by atoms with van der Waals surface area (Å²) < 4.78 is 46.5. The molecule has 0 bridgehead atoms. The van der Waals surface area contributed by atoms with E-state index in [1.165, 1.54) is 16.2 Å². The minimum atomic E-state index is -3.81. The first kappa shape index (κ1) is 42.4. The van der Waals surface area contributed by atoms with Gasteiger partial charge in [0.05, 0.1) is 35.7 Å². The van der Waals surface area contributed by atoms with E-state index in [9.17, 15) is 27.9 Å². The Kier molecular flexibility index (Phi) is 11.7. The molecule has 4 heterocycles. The predicted octanol–water partition coefficient (Wildman–Crippen LogP) is 5.59. The molecule has 4 fully saturated rings. The Bertz CT molecular complexity index is 2280. The average molecular weight is 865 g/mol. The van der Waals surface area contributed by atoms with Crippen LogP contribution in [0.1, 0.15) is 109 Å². The number of hydrogen-bond acceptors (Lipinski definition) is 12. The number of nitrogens with one attached hydrogen (secondary N) is 3. The minimum Gasteiger partial charge on any atom is -0.496 e. The summed E-state index contributed by atoms with van der Waals surface area (Å²) in [5.41, 5.74) is 1.05. The number of methoxy groups -OCH3 is 1. The van der Waals surface area contributed by atoms with Crippen molar-refractivity contribution in [1.29, 1.82) is 0 Å². The quantitative estimate of drug-likeness (QED) is 0.146. The van der Waals surface area contributed by atoms with Gasteiger partial charge in [-0.3, -0.25) is 9.59 Å². The normalized spacial score (nSPS) is 26.9. The largest absolute Gasteiger partial charge is 0.496 e. The molecule has 3 aliphatic carbocycles. The fourth-order valence-electron chi connectivity index (χ4n) is 8.41. The monoisotopic (exact) mass is 864 g/mol. The number of alkyl carbamates (subject to hydrolysis) is 1. The zero-order chi connectivity index (χ0) is 42.6. The van der Waals surface area contributed by atoms with Gasteiger partial charge in [0.1, 0.15) is 52.2 Å². The van der Waals surface area contributed by atoms with Gasteiger partial charge >= 0.3 is 6.09 Å². The molecule has 2 aliphatic heterocycles. The standard InChI is InChI=1S/C43H56N6O9S2/c1-24-34(56-5)18-17-29-35(20-31(44-36(24)29)38-45-32(23-59-38)25-13-14-25)57-27-19-33-37(50)47-43(40(52)48-60(54,55)28-15-16-28)21-26(43)11-9-7-6-8-10-12-30(39(51)49(33)22-27)46-41(53)58-42(2,3)4/h9,11,17-18,20,23,25-28,30,33,40,48,52H,6-8,10,12-16,19,21-22H2,1-5H3,(H,46,53)(H,47,50). The van der Waals surface area contributed by atoms with Gasteiger partial charge < -0.3 is 34.9 Å². The number of nitrogens with zero attached hydrogens (tertiary/aromatic N) is 3. The Hall–Kier alpha value is -4.32. The summed E-state index contributed by atoms with van der Waals surface area (Å²) in [5, 5.41) is 20.3. The Morgan fingerprint density at radius 1 is 1.08 bits per heavy atom. The van der Waals surface area contributed by atoms with Gasteiger partial charge in [-0.2, -0.15) is 4.72 Å². The predicted molar refractivity (Wildman–Crippen MR) is 226 cm³/mol. The van der Waals surface area contributed by atoms with E-state index in [0.717, 1.165) is 53.8 Å². The highest BCUT2D eigenvalue weighted by Gasteiger charge is 2.61. The van der Waals surface area contributed by atoms with Crippen LogP contribution in [0.5, 0.6) is 11.5 Å².